The summed E-state index contributed by atoms with van der Waals surface area (Å²) < 4.78 is 0. The molecule has 0 saturated heterocycles. The zero-order valence-corrected chi connectivity index (χ0v) is 11.6. The highest BCUT2D eigenvalue weighted by atomic mass is 79.9. The molecule has 1 aromatic rings. The Hall–Kier alpha value is -0.610. The van der Waals surface area contributed by atoms with Crippen molar-refractivity contribution in [1.29, 1.82) is 0 Å². The molecule has 0 radical (unpaired) electrons. The molecule has 1 aliphatic rings. The molecule has 1 atom stereocenters. The Labute approximate surface area is 113 Å². The average Bonchev–Trinajstić information content (AvgIpc) is 3.10. The lowest BCUT2D eigenvalue weighted by atomic mass is 10.1. The van der Waals surface area contributed by atoms with Gasteiger partial charge in [0.1, 0.15) is 0 Å². The fourth-order valence-corrected chi connectivity index (χ4v) is 2.87. The van der Waals surface area contributed by atoms with Gasteiger partial charge in [-0.15, -0.1) is 0 Å². The lowest BCUT2D eigenvalue weighted by molar-refractivity contribution is -0.384. The van der Waals surface area contributed by atoms with Gasteiger partial charge in [-0.3, -0.25) is 10.1 Å². The van der Waals surface area contributed by atoms with Gasteiger partial charge in [-0.05, 0) is 37.2 Å². The molecule has 17 heavy (non-hydrogen) atoms. The van der Waals surface area contributed by atoms with Crippen LogP contribution in [0.1, 0.15) is 24.8 Å². The molecule has 1 aliphatic carbocycles. The second kappa shape index (κ2) is 5.36. The summed E-state index contributed by atoms with van der Waals surface area (Å²) in [4.78, 5) is 10.7. The topological polar surface area (TPSA) is 43.1 Å². The molecule has 5 heteroatoms. The van der Waals surface area contributed by atoms with Crippen molar-refractivity contribution in [3.05, 3.63) is 38.9 Å². The van der Waals surface area contributed by atoms with E-state index in [1.165, 1.54) is 25.0 Å². The van der Waals surface area contributed by atoms with Gasteiger partial charge in [-0.2, -0.15) is 0 Å². The molecule has 0 aliphatic heterocycles. The van der Waals surface area contributed by atoms with Gasteiger partial charge < -0.3 is 0 Å². The van der Waals surface area contributed by atoms with Crippen LogP contribution in [0, 0.1) is 16.0 Å². The first-order valence-electron chi connectivity index (χ1n) is 5.65. The molecule has 92 valence electrons. The van der Waals surface area contributed by atoms with Gasteiger partial charge in [0.2, 0.25) is 0 Å². The molecule has 2 rings (SSSR count). The van der Waals surface area contributed by atoms with Gasteiger partial charge in [-0.1, -0.05) is 33.6 Å². The van der Waals surface area contributed by atoms with E-state index >= 15 is 0 Å². The summed E-state index contributed by atoms with van der Waals surface area (Å²) in [6, 6.07) is 4.70. The van der Waals surface area contributed by atoms with E-state index in [1.807, 2.05) is 0 Å². The van der Waals surface area contributed by atoms with Crippen molar-refractivity contribution >= 4 is 33.2 Å². The first kappa shape index (κ1) is 12.8. The SMILES string of the molecule is O=[N+]([O-])c1ccc(CCC(Br)C2CC2)c(Cl)c1. The van der Waals surface area contributed by atoms with Crippen LogP contribution in [0.4, 0.5) is 5.69 Å². The van der Waals surface area contributed by atoms with Crippen molar-refractivity contribution in [2.75, 3.05) is 0 Å². The monoisotopic (exact) mass is 317 g/mol. The number of non-ortho nitro benzene ring substituents is 1. The first-order valence-corrected chi connectivity index (χ1v) is 6.94. The Morgan fingerprint density at radius 3 is 2.76 bits per heavy atom. The third-order valence-corrected chi connectivity index (χ3v) is 4.63. The molecule has 0 spiro atoms. The number of nitro benzene ring substituents is 1. The van der Waals surface area contributed by atoms with E-state index < -0.39 is 4.92 Å². The van der Waals surface area contributed by atoms with E-state index in [4.69, 9.17) is 11.6 Å². The summed E-state index contributed by atoms with van der Waals surface area (Å²) in [6.07, 6.45) is 4.51. The highest BCUT2D eigenvalue weighted by Gasteiger charge is 2.28. The minimum atomic E-state index is -0.423. The highest BCUT2D eigenvalue weighted by Crippen LogP contribution is 2.39. The number of alkyl halides is 1. The number of hydrogen-bond acceptors (Lipinski definition) is 2. The standard InChI is InChI=1S/C12H13BrClNO2/c13-11(8-1-2-8)6-4-9-3-5-10(15(16)17)7-12(9)14/h3,5,7-8,11H,1-2,4,6H2. The summed E-state index contributed by atoms with van der Waals surface area (Å²) in [5.41, 5.74) is 1.04. The molecule has 0 N–H and O–H groups in total. The first-order chi connectivity index (χ1) is 8.08. The molecule has 0 bridgehead atoms. The smallest absolute Gasteiger partial charge is 0.258 e. The minimum absolute atomic E-state index is 0.0522. The number of nitro groups is 1. The Bertz CT molecular complexity index is 435. The van der Waals surface area contributed by atoms with Crippen LogP contribution < -0.4 is 0 Å². The van der Waals surface area contributed by atoms with Crippen molar-refractivity contribution in [2.24, 2.45) is 5.92 Å². The molecule has 1 aromatic carbocycles. The van der Waals surface area contributed by atoms with E-state index in [0.717, 1.165) is 24.3 Å². The van der Waals surface area contributed by atoms with Crippen LogP contribution in [0.3, 0.4) is 0 Å². The van der Waals surface area contributed by atoms with Crippen molar-refractivity contribution in [3.8, 4) is 0 Å². The summed E-state index contributed by atoms with van der Waals surface area (Å²) in [7, 11) is 0. The summed E-state index contributed by atoms with van der Waals surface area (Å²) >= 11 is 9.71. The number of halogens is 2. The van der Waals surface area contributed by atoms with E-state index in [0.29, 0.717) is 9.85 Å². The van der Waals surface area contributed by atoms with Gasteiger partial charge in [0.05, 0.1) is 9.95 Å². The van der Waals surface area contributed by atoms with Crippen molar-refractivity contribution < 1.29 is 4.92 Å². The second-order valence-corrected chi connectivity index (χ2v) is 6.01. The van der Waals surface area contributed by atoms with E-state index in [9.17, 15) is 10.1 Å². The van der Waals surface area contributed by atoms with Gasteiger partial charge in [-0.25, -0.2) is 0 Å². The van der Waals surface area contributed by atoms with Gasteiger partial charge in [0.15, 0.2) is 0 Å². The Kier molecular flexibility index (Phi) is 4.05. The normalized spacial score (nSPS) is 16.8. The summed E-state index contributed by atoms with van der Waals surface area (Å²) in [5, 5.41) is 11.1. The van der Waals surface area contributed by atoms with Crippen LogP contribution in [0.5, 0.6) is 0 Å². The van der Waals surface area contributed by atoms with Crippen molar-refractivity contribution in [1.82, 2.24) is 0 Å². The summed E-state index contributed by atoms with van der Waals surface area (Å²) in [5.74, 6) is 0.812. The quantitative estimate of drug-likeness (QED) is 0.460. The number of aryl methyl sites for hydroxylation is 1. The third kappa shape index (κ3) is 3.42. The zero-order valence-electron chi connectivity index (χ0n) is 9.23. The average molecular weight is 319 g/mol. The molecule has 0 heterocycles. The maximum atomic E-state index is 10.6. The van der Waals surface area contributed by atoms with E-state index in [1.54, 1.807) is 6.07 Å². The lowest BCUT2D eigenvalue weighted by Gasteiger charge is -2.08. The molecule has 0 aromatic heterocycles. The highest BCUT2D eigenvalue weighted by molar-refractivity contribution is 9.09. The van der Waals surface area contributed by atoms with E-state index in [-0.39, 0.29) is 5.69 Å². The fourth-order valence-electron chi connectivity index (χ4n) is 1.84. The lowest BCUT2D eigenvalue weighted by Crippen LogP contribution is -2.02. The number of hydrogen-bond donors (Lipinski definition) is 0. The fraction of sp³-hybridized carbons (Fsp3) is 0.500. The molecule has 1 unspecified atom stereocenters. The Balaban J connectivity index is 1.98. The largest absolute Gasteiger partial charge is 0.270 e. The number of rotatable bonds is 5. The molecule has 1 fully saturated rings. The van der Waals surface area contributed by atoms with Crippen LogP contribution in [-0.4, -0.2) is 9.75 Å². The van der Waals surface area contributed by atoms with Crippen LogP contribution in [0.15, 0.2) is 18.2 Å². The molecule has 1 saturated carbocycles. The maximum Gasteiger partial charge on any atom is 0.270 e. The third-order valence-electron chi connectivity index (χ3n) is 3.07. The van der Waals surface area contributed by atoms with Crippen LogP contribution in [-0.2, 0) is 6.42 Å². The molecule has 0 amide bonds. The molecule has 3 nitrogen and oxygen atoms in total. The Morgan fingerprint density at radius 1 is 1.53 bits per heavy atom. The van der Waals surface area contributed by atoms with Crippen molar-refractivity contribution in [2.45, 2.75) is 30.5 Å². The van der Waals surface area contributed by atoms with Gasteiger partial charge in [0, 0.05) is 17.0 Å². The molecular weight excluding hydrogens is 305 g/mol. The maximum absolute atomic E-state index is 10.6. The predicted octanol–water partition coefficient (Wildman–Crippen LogP) is 4.35. The second-order valence-electron chi connectivity index (χ2n) is 4.42. The minimum Gasteiger partial charge on any atom is -0.258 e. The number of nitrogens with zero attached hydrogens (tertiary/aromatic N) is 1. The predicted molar refractivity (Wildman–Crippen MR) is 71.9 cm³/mol. The molecular formula is C12H13BrClNO2. The van der Waals surface area contributed by atoms with Crippen LogP contribution in [0.2, 0.25) is 5.02 Å². The van der Waals surface area contributed by atoms with Crippen LogP contribution >= 0.6 is 27.5 Å². The zero-order chi connectivity index (χ0) is 12.4. The van der Waals surface area contributed by atoms with Crippen molar-refractivity contribution in [3.63, 3.8) is 0 Å². The number of benzene rings is 1. The van der Waals surface area contributed by atoms with Gasteiger partial charge in [0.25, 0.3) is 5.69 Å². The summed E-state index contributed by atoms with van der Waals surface area (Å²) in [6.45, 7) is 0. The van der Waals surface area contributed by atoms with E-state index in [2.05, 4.69) is 15.9 Å². The Morgan fingerprint density at radius 2 is 2.24 bits per heavy atom. The van der Waals surface area contributed by atoms with Gasteiger partial charge >= 0.3 is 0 Å². The van der Waals surface area contributed by atoms with Crippen LogP contribution in [0.25, 0.3) is 0 Å².